The zero-order valence-electron chi connectivity index (χ0n) is 11.3. The number of hydrogen-bond acceptors (Lipinski definition) is 5. The summed E-state index contributed by atoms with van der Waals surface area (Å²) in [6.45, 7) is 1.56. The van der Waals surface area contributed by atoms with Crippen molar-refractivity contribution in [2.45, 2.75) is 11.8 Å². The Hall–Kier alpha value is -2.32. The van der Waals surface area contributed by atoms with Crippen molar-refractivity contribution in [1.82, 2.24) is 0 Å². The zero-order valence-corrected chi connectivity index (χ0v) is 12.9. The van der Waals surface area contributed by atoms with Gasteiger partial charge in [-0.25, -0.2) is 8.42 Å². The molecule has 0 fully saturated rings. The summed E-state index contributed by atoms with van der Waals surface area (Å²) in [5.41, 5.74) is 0.207. The van der Waals surface area contributed by atoms with Crippen molar-refractivity contribution in [1.29, 1.82) is 0 Å². The number of halogens is 1. The van der Waals surface area contributed by atoms with Crippen molar-refractivity contribution in [3.63, 3.8) is 0 Å². The number of sulfonamides is 1. The van der Waals surface area contributed by atoms with Gasteiger partial charge >= 0.3 is 0 Å². The first-order valence-corrected chi connectivity index (χ1v) is 7.83. The SMILES string of the molecule is Cc1cc(NS(=O)(=O)c2cccc([N+](=O)[O-])c2)cc(Cl)c1O. The van der Waals surface area contributed by atoms with E-state index in [0.717, 1.165) is 6.07 Å². The average Bonchev–Trinajstić information content (AvgIpc) is 2.44. The summed E-state index contributed by atoms with van der Waals surface area (Å²) in [5.74, 6) is -0.139. The van der Waals surface area contributed by atoms with Crippen LogP contribution < -0.4 is 4.72 Å². The molecule has 0 amide bonds. The second-order valence-electron chi connectivity index (χ2n) is 4.48. The van der Waals surface area contributed by atoms with Gasteiger partial charge in [0.25, 0.3) is 15.7 Å². The molecule has 22 heavy (non-hydrogen) atoms. The number of nitro benzene ring substituents is 1. The van der Waals surface area contributed by atoms with Gasteiger partial charge in [0, 0.05) is 12.1 Å². The highest BCUT2D eigenvalue weighted by atomic mass is 35.5. The number of rotatable bonds is 4. The lowest BCUT2D eigenvalue weighted by Gasteiger charge is -2.10. The van der Waals surface area contributed by atoms with Crippen molar-refractivity contribution in [3.05, 3.63) is 57.1 Å². The second kappa shape index (κ2) is 5.82. The van der Waals surface area contributed by atoms with Gasteiger partial charge in [0.05, 0.1) is 20.5 Å². The van der Waals surface area contributed by atoms with Crippen LogP contribution >= 0.6 is 11.6 Å². The van der Waals surface area contributed by atoms with Crippen molar-refractivity contribution in [2.75, 3.05) is 4.72 Å². The largest absolute Gasteiger partial charge is 0.506 e. The number of hydrogen-bond donors (Lipinski definition) is 2. The van der Waals surface area contributed by atoms with Gasteiger partial charge in [-0.3, -0.25) is 14.8 Å². The van der Waals surface area contributed by atoms with E-state index in [1.165, 1.54) is 30.3 Å². The van der Waals surface area contributed by atoms with Crippen LogP contribution in [0.2, 0.25) is 5.02 Å². The molecule has 0 aliphatic carbocycles. The molecule has 0 aromatic heterocycles. The van der Waals surface area contributed by atoms with Crippen molar-refractivity contribution in [3.8, 4) is 5.75 Å². The predicted octanol–water partition coefficient (Wildman–Crippen LogP) is 3.06. The summed E-state index contributed by atoms with van der Waals surface area (Å²) in [6, 6.07) is 7.32. The van der Waals surface area contributed by atoms with E-state index < -0.39 is 14.9 Å². The molecule has 0 saturated carbocycles. The molecule has 0 spiro atoms. The highest BCUT2D eigenvalue weighted by Crippen LogP contribution is 2.31. The van der Waals surface area contributed by atoms with Crippen LogP contribution in [0.15, 0.2) is 41.3 Å². The molecule has 116 valence electrons. The highest BCUT2D eigenvalue weighted by molar-refractivity contribution is 7.92. The minimum Gasteiger partial charge on any atom is -0.506 e. The van der Waals surface area contributed by atoms with E-state index in [-0.39, 0.29) is 27.0 Å². The standard InChI is InChI=1S/C13H11ClN2O5S/c1-8-5-9(6-12(14)13(8)17)15-22(20,21)11-4-2-3-10(7-11)16(18)19/h2-7,15,17H,1H3. The molecule has 0 heterocycles. The van der Waals surface area contributed by atoms with Crippen molar-refractivity contribution >= 4 is 33.0 Å². The third-order valence-electron chi connectivity index (χ3n) is 2.84. The normalized spacial score (nSPS) is 11.2. The van der Waals surface area contributed by atoms with Crippen LogP contribution in [-0.2, 0) is 10.0 Å². The number of phenols is 1. The van der Waals surface area contributed by atoms with E-state index >= 15 is 0 Å². The maximum Gasteiger partial charge on any atom is 0.270 e. The lowest BCUT2D eigenvalue weighted by molar-refractivity contribution is -0.385. The highest BCUT2D eigenvalue weighted by Gasteiger charge is 2.18. The van der Waals surface area contributed by atoms with Crippen LogP contribution in [0.5, 0.6) is 5.75 Å². The zero-order chi connectivity index (χ0) is 16.5. The number of nitrogens with zero attached hydrogens (tertiary/aromatic N) is 1. The van der Waals surface area contributed by atoms with Gasteiger partial charge in [0.2, 0.25) is 0 Å². The quantitative estimate of drug-likeness (QED) is 0.504. The van der Waals surface area contributed by atoms with E-state index in [2.05, 4.69) is 4.72 Å². The van der Waals surface area contributed by atoms with Gasteiger partial charge in [0.15, 0.2) is 0 Å². The van der Waals surface area contributed by atoms with Gasteiger partial charge in [0.1, 0.15) is 5.75 Å². The van der Waals surface area contributed by atoms with Crippen molar-refractivity contribution < 1.29 is 18.4 Å². The van der Waals surface area contributed by atoms with E-state index in [1.54, 1.807) is 6.92 Å². The Bertz CT molecular complexity index is 828. The number of nitro groups is 1. The number of nitrogens with one attached hydrogen (secondary N) is 1. The first-order valence-electron chi connectivity index (χ1n) is 5.97. The van der Waals surface area contributed by atoms with Gasteiger partial charge in [-0.05, 0) is 30.7 Å². The molecule has 0 unspecified atom stereocenters. The topological polar surface area (TPSA) is 110 Å². The minimum absolute atomic E-state index is 0.00302. The van der Waals surface area contributed by atoms with E-state index in [9.17, 15) is 23.6 Å². The van der Waals surface area contributed by atoms with Crippen LogP contribution in [0.4, 0.5) is 11.4 Å². The first-order chi connectivity index (χ1) is 10.2. The third kappa shape index (κ3) is 3.29. The summed E-state index contributed by atoms with van der Waals surface area (Å²) in [7, 11) is -4.01. The van der Waals surface area contributed by atoms with E-state index in [1.807, 2.05) is 0 Å². The first kappa shape index (κ1) is 16.1. The average molecular weight is 343 g/mol. The summed E-state index contributed by atoms with van der Waals surface area (Å²) in [5, 5.41) is 20.3. The molecular weight excluding hydrogens is 332 g/mol. The molecule has 7 nitrogen and oxygen atoms in total. The van der Waals surface area contributed by atoms with Gasteiger partial charge < -0.3 is 5.11 Å². The Balaban J connectivity index is 2.40. The molecule has 2 N–H and O–H groups in total. The fourth-order valence-corrected chi connectivity index (χ4v) is 3.12. The van der Waals surface area contributed by atoms with Crippen LogP contribution in [-0.4, -0.2) is 18.4 Å². The molecule has 0 aliphatic heterocycles. The number of benzene rings is 2. The third-order valence-corrected chi connectivity index (χ3v) is 4.51. The Morgan fingerprint density at radius 3 is 2.55 bits per heavy atom. The number of aryl methyl sites for hydroxylation is 1. The fraction of sp³-hybridized carbons (Fsp3) is 0.0769. The second-order valence-corrected chi connectivity index (χ2v) is 6.57. The molecular formula is C13H11ClN2O5S. The maximum absolute atomic E-state index is 12.2. The maximum atomic E-state index is 12.2. The smallest absolute Gasteiger partial charge is 0.270 e. The number of phenolic OH excluding ortho intramolecular Hbond substituents is 1. The lowest BCUT2D eigenvalue weighted by Crippen LogP contribution is -2.13. The molecule has 0 saturated heterocycles. The molecule has 0 bridgehead atoms. The predicted molar refractivity (Wildman–Crippen MR) is 81.8 cm³/mol. The summed E-state index contributed by atoms with van der Waals surface area (Å²) in [6.07, 6.45) is 0. The monoisotopic (exact) mass is 342 g/mol. The molecule has 2 aromatic rings. The number of anilines is 1. The Labute approximate surface area is 131 Å². The lowest BCUT2D eigenvalue weighted by atomic mass is 10.2. The fourth-order valence-electron chi connectivity index (χ4n) is 1.77. The van der Waals surface area contributed by atoms with Crippen LogP contribution in [0.1, 0.15) is 5.56 Å². The molecule has 2 rings (SSSR count). The van der Waals surface area contributed by atoms with Crippen LogP contribution in [0.3, 0.4) is 0 Å². The molecule has 0 radical (unpaired) electrons. The summed E-state index contributed by atoms with van der Waals surface area (Å²) < 4.78 is 26.8. The molecule has 9 heteroatoms. The summed E-state index contributed by atoms with van der Waals surface area (Å²) in [4.78, 5) is 9.78. The number of non-ortho nitro benzene ring substituents is 1. The molecule has 0 atom stereocenters. The van der Waals surface area contributed by atoms with Crippen LogP contribution in [0, 0.1) is 17.0 Å². The molecule has 0 aliphatic rings. The Morgan fingerprint density at radius 2 is 1.95 bits per heavy atom. The Kier molecular flexibility index (Phi) is 4.25. The molecule has 2 aromatic carbocycles. The van der Waals surface area contributed by atoms with E-state index in [4.69, 9.17) is 11.6 Å². The Morgan fingerprint density at radius 1 is 1.27 bits per heavy atom. The van der Waals surface area contributed by atoms with Crippen molar-refractivity contribution in [2.24, 2.45) is 0 Å². The van der Waals surface area contributed by atoms with Gasteiger partial charge in [-0.15, -0.1) is 0 Å². The van der Waals surface area contributed by atoms with Gasteiger partial charge in [-0.1, -0.05) is 17.7 Å². The van der Waals surface area contributed by atoms with Gasteiger partial charge in [-0.2, -0.15) is 0 Å². The number of aromatic hydroxyl groups is 1. The van der Waals surface area contributed by atoms with Crippen LogP contribution in [0.25, 0.3) is 0 Å². The minimum atomic E-state index is -4.01. The summed E-state index contributed by atoms with van der Waals surface area (Å²) >= 11 is 5.79. The van der Waals surface area contributed by atoms with E-state index in [0.29, 0.717) is 5.56 Å².